The summed E-state index contributed by atoms with van der Waals surface area (Å²) in [4.78, 5) is 38.4. The number of carbonyl (C=O) groups excluding carboxylic acids is 3. The molecule has 0 aromatic heterocycles. The molecule has 0 aromatic carbocycles. The van der Waals surface area contributed by atoms with Crippen LogP contribution in [0.3, 0.4) is 0 Å². The highest BCUT2D eigenvalue weighted by molar-refractivity contribution is 5.71. The number of hydrogen-bond acceptors (Lipinski definition) is 6. The molecule has 0 radical (unpaired) electrons. The molecule has 6 heteroatoms. The number of esters is 3. The zero-order valence-electron chi connectivity index (χ0n) is 55.3. The van der Waals surface area contributed by atoms with Crippen molar-refractivity contribution in [1.82, 2.24) is 0 Å². The molecule has 0 heterocycles. The summed E-state index contributed by atoms with van der Waals surface area (Å²) < 4.78 is 17.0. The van der Waals surface area contributed by atoms with Crippen LogP contribution in [0, 0.1) is 0 Å². The largest absolute Gasteiger partial charge is 0.462 e. The Kier molecular flexibility index (Phi) is 68.6. The topological polar surface area (TPSA) is 78.9 Å². The Labute approximate surface area is 511 Å². The van der Waals surface area contributed by atoms with Crippen LogP contribution in [0.5, 0.6) is 0 Å². The van der Waals surface area contributed by atoms with Crippen LogP contribution in [-0.2, 0) is 28.6 Å². The Morgan fingerprint density at radius 2 is 0.439 bits per heavy atom. The van der Waals surface area contributed by atoms with Gasteiger partial charge in [-0.1, -0.05) is 345 Å². The van der Waals surface area contributed by atoms with Gasteiger partial charge in [-0.05, 0) is 83.5 Å². The number of carbonyl (C=O) groups is 3. The first-order chi connectivity index (χ1) is 40.5. The molecule has 0 aliphatic heterocycles. The van der Waals surface area contributed by atoms with Crippen LogP contribution in [0.2, 0.25) is 0 Å². The van der Waals surface area contributed by atoms with E-state index in [0.717, 1.165) is 70.6 Å². The average molecular weight is 1150 g/mol. The average Bonchev–Trinajstić information content (AvgIpc) is 3.47. The first-order valence-electron chi connectivity index (χ1n) is 36.6. The van der Waals surface area contributed by atoms with Crippen LogP contribution in [0.1, 0.15) is 400 Å². The van der Waals surface area contributed by atoms with Gasteiger partial charge in [-0.2, -0.15) is 0 Å². The predicted molar refractivity (Wildman–Crippen MR) is 358 cm³/mol. The normalized spacial score (nSPS) is 12.3. The number of hydrogen-bond donors (Lipinski definition) is 0. The third kappa shape index (κ3) is 68.2. The molecule has 82 heavy (non-hydrogen) atoms. The summed E-state index contributed by atoms with van der Waals surface area (Å²) in [6, 6.07) is 0. The summed E-state index contributed by atoms with van der Waals surface area (Å²) >= 11 is 0. The molecular formula is C76H140O6. The minimum atomic E-state index is -0.773. The maximum atomic E-state index is 12.9. The summed E-state index contributed by atoms with van der Waals surface area (Å²) in [5.74, 6) is -0.845. The van der Waals surface area contributed by atoms with E-state index in [9.17, 15) is 14.4 Å². The Bertz CT molecular complexity index is 1410. The fraction of sp³-hybridized carbons (Fsp3) is 0.855. The van der Waals surface area contributed by atoms with E-state index in [2.05, 4.69) is 69.4 Å². The first-order valence-corrected chi connectivity index (χ1v) is 36.6. The highest BCUT2D eigenvalue weighted by Crippen LogP contribution is 2.18. The van der Waals surface area contributed by atoms with E-state index in [1.807, 2.05) is 0 Å². The van der Waals surface area contributed by atoms with Crippen molar-refractivity contribution in [2.75, 3.05) is 13.2 Å². The molecule has 0 spiro atoms. The molecule has 0 N–H and O–H groups in total. The second-order valence-corrected chi connectivity index (χ2v) is 24.9. The maximum absolute atomic E-state index is 12.9. The molecule has 480 valence electrons. The van der Waals surface area contributed by atoms with Gasteiger partial charge in [0.1, 0.15) is 13.2 Å². The Hall–Kier alpha value is -2.63. The van der Waals surface area contributed by atoms with Gasteiger partial charge in [-0.15, -0.1) is 0 Å². The van der Waals surface area contributed by atoms with Crippen molar-refractivity contribution in [2.24, 2.45) is 0 Å². The van der Waals surface area contributed by atoms with Crippen LogP contribution < -0.4 is 0 Å². The third-order valence-electron chi connectivity index (χ3n) is 16.6. The van der Waals surface area contributed by atoms with Crippen molar-refractivity contribution >= 4 is 17.9 Å². The monoisotopic (exact) mass is 1150 g/mol. The number of allylic oxidation sites excluding steroid dienone is 8. The minimum Gasteiger partial charge on any atom is -0.462 e. The second kappa shape index (κ2) is 70.9. The molecule has 0 bridgehead atoms. The quantitative estimate of drug-likeness (QED) is 0.0261. The Morgan fingerprint density at radius 1 is 0.244 bits per heavy atom. The molecule has 0 amide bonds. The summed E-state index contributed by atoms with van der Waals surface area (Å²) in [6.07, 6.45) is 90.1. The van der Waals surface area contributed by atoms with Crippen molar-refractivity contribution in [3.63, 3.8) is 0 Å². The fourth-order valence-corrected chi connectivity index (χ4v) is 11.0. The minimum absolute atomic E-state index is 0.0687. The van der Waals surface area contributed by atoms with Gasteiger partial charge in [0, 0.05) is 19.3 Å². The Balaban J connectivity index is 4.14. The van der Waals surface area contributed by atoms with Gasteiger partial charge in [0.2, 0.25) is 0 Å². The molecule has 0 fully saturated rings. The molecule has 1 atom stereocenters. The predicted octanol–water partition coefficient (Wildman–Crippen LogP) is 25.3. The molecule has 0 rings (SSSR count). The second-order valence-electron chi connectivity index (χ2n) is 24.9. The third-order valence-corrected chi connectivity index (χ3v) is 16.6. The molecule has 0 aliphatic carbocycles. The molecule has 6 nitrogen and oxygen atoms in total. The van der Waals surface area contributed by atoms with Crippen molar-refractivity contribution in [2.45, 2.75) is 406 Å². The van der Waals surface area contributed by atoms with Crippen LogP contribution in [0.15, 0.2) is 48.6 Å². The van der Waals surface area contributed by atoms with E-state index < -0.39 is 6.10 Å². The number of ether oxygens (including phenoxy) is 3. The van der Waals surface area contributed by atoms with E-state index in [-0.39, 0.29) is 31.1 Å². The highest BCUT2D eigenvalue weighted by Gasteiger charge is 2.19. The molecule has 0 aromatic rings. The summed E-state index contributed by atoms with van der Waals surface area (Å²) in [7, 11) is 0. The standard InChI is InChI=1S/C76H140O6/c1-4-7-10-13-16-19-22-25-27-29-31-32-33-34-35-36-37-38-39-40-41-42-43-44-45-47-48-51-54-57-60-63-66-69-75(78)81-72-73(71-80-74(77)68-65-62-59-56-53-50-24-21-18-15-12-9-6-3)82-76(79)70-67-64-61-58-55-52-49-46-30-28-26-23-20-17-14-11-8-5-2/h22,25,28-31,33-34,73H,4-21,23-24,26-27,32,35-72H2,1-3H3/b25-22-,30-28-,31-29-,34-33-. The molecule has 1 unspecified atom stereocenters. The van der Waals surface area contributed by atoms with E-state index in [0.29, 0.717) is 19.3 Å². The van der Waals surface area contributed by atoms with Gasteiger partial charge in [-0.25, -0.2) is 0 Å². The SMILES string of the molecule is CCCCCCC/C=C\C/C=C\C/C=C\CCCCCCCCCCCCCCCCCCCCC(=O)OCC(COC(=O)CCCCCCCCCCCCCCC)OC(=O)CCCCCCCCC/C=C\CCCCCCCCC. The van der Waals surface area contributed by atoms with Gasteiger partial charge < -0.3 is 14.2 Å². The summed E-state index contributed by atoms with van der Waals surface area (Å²) in [5.41, 5.74) is 0. The zero-order chi connectivity index (χ0) is 59.2. The Morgan fingerprint density at radius 3 is 0.695 bits per heavy atom. The number of unbranched alkanes of at least 4 members (excludes halogenated alkanes) is 49. The van der Waals surface area contributed by atoms with E-state index >= 15 is 0 Å². The lowest BCUT2D eigenvalue weighted by atomic mass is 10.0. The molecule has 0 saturated heterocycles. The fourth-order valence-electron chi connectivity index (χ4n) is 11.0. The lowest BCUT2D eigenvalue weighted by Gasteiger charge is -2.18. The summed E-state index contributed by atoms with van der Waals surface area (Å²) in [6.45, 7) is 6.69. The van der Waals surface area contributed by atoms with Crippen LogP contribution in [0.4, 0.5) is 0 Å². The lowest BCUT2D eigenvalue weighted by Crippen LogP contribution is -2.30. The van der Waals surface area contributed by atoms with Crippen molar-refractivity contribution < 1.29 is 28.6 Å². The van der Waals surface area contributed by atoms with Crippen molar-refractivity contribution in [3.05, 3.63) is 48.6 Å². The van der Waals surface area contributed by atoms with Gasteiger partial charge >= 0.3 is 17.9 Å². The van der Waals surface area contributed by atoms with Crippen LogP contribution in [0.25, 0.3) is 0 Å². The van der Waals surface area contributed by atoms with Gasteiger partial charge in [-0.3, -0.25) is 14.4 Å². The van der Waals surface area contributed by atoms with E-state index in [4.69, 9.17) is 14.2 Å². The van der Waals surface area contributed by atoms with Crippen LogP contribution >= 0.6 is 0 Å². The first kappa shape index (κ1) is 79.4. The van der Waals surface area contributed by atoms with Crippen molar-refractivity contribution in [3.8, 4) is 0 Å². The van der Waals surface area contributed by atoms with Gasteiger partial charge in [0.15, 0.2) is 6.10 Å². The maximum Gasteiger partial charge on any atom is 0.306 e. The zero-order valence-corrected chi connectivity index (χ0v) is 55.3. The van der Waals surface area contributed by atoms with E-state index in [1.54, 1.807) is 0 Å². The summed E-state index contributed by atoms with van der Waals surface area (Å²) in [5, 5.41) is 0. The lowest BCUT2D eigenvalue weighted by molar-refractivity contribution is -0.167. The molecule has 0 aliphatic rings. The molecular weight excluding hydrogens is 1010 g/mol. The number of rotatable bonds is 68. The van der Waals surface area contributed by atoms with Gasteiger partial charge in [0.25, 0.3) is 0 Å². The van der Waals surface area contributed by atoms with Gasteiger partial charge in [0.05, 0.1) is 0 Å². The molecule has 0 saturated carbocycles. The highest BCUT2D eigenvalue weighted by atomic mass is 16.6. The van der Waals surface area contributed by atoms with E-state index in [1.165, 1.54) is 289 Å². The van der Waals surface area contributed by atoms with Crippen molar-refractivity contribution in [1.29, 1.82) is 0 Å². The smallest absolute Gasteiger partial charge is 0.306 e. The van der Waals surface area contributed by atoms with Crippen LogP contribution in [-0.4, -0.2) is 37.2 Å².